The molecular weight excluding hydrogens is 388 g/mol. The van der Waals surface area contributed by atoms with Gasteiger partial charge in [-0.2, -0.15) is 0 Å². The number of esters is 1. The van der Waals surface area contributed by atoms with Crippen LogP contribution in [0, 0.1) is 18.6 Å². The van der Waals surface area contributed by atoms with Crippen LogP contribution >= 0.6 is 11.3 Å². The zero-order valence-electron chi connectivity index (χ0n) is 14.8. The first-order valence-electron chi connectivity index (χ1n) is 8.21. The number of aromatic nitrogens is 1. The number of carbonyl (C=O) groups excluding carboxylic acids is 2. The molecule has 0 radical (unpaired) electrons. The summed E-state index contributed by atoms with van der Waals surface area (Å²) in [6, 6.07) is 8.65. The summed E-state index contributed by atoms with van der Waals surface area (Å²) in [4.78, 5) is 28.2. The summed E-state index contributed by atoms with van der Waals surface area (Å²) in [5, 5.41) is 2.85. The number of hydrogen-bond donors (Lipinski definition) is 0. The van der Waals surface area contributed by atoms with E-state index in [0.717, 1.165) is 28.9 Å². The van der Waals surface area contributed by atoms with Gasteiger partial charge in [-0.15, -0.1) is 11.3 Å². The number of ether oxygens (including phenoxy) is 2. The van der Waals surface area contributed by atoms with E-state index in [1.165, 1.54) is 23.5 Å². The van der Waals surface area contributed by atoms with E-state index in [-0.39, 0.29) is 5.56 Å². The fourth-order valence-corrected chi connectivity index (χ4v) is 2.92. The van der Waals surface area contributed by atoms with Gasteiger partial charge in [-0.05, 0) is 49.4 Å². The second kappa shape index (κ2) is 8.71. The Morgan fingerprint density at radius 3 is 2.54 bits per heavy atom. The molecule has 3 rings (SSSR count). The van der Waals surface area contributed by atoms with Crippen molar-refractivity contribution in [3.05, 3.63) is 81.3 Å². The number of benzene rings is 2. The van der Waals surface area contributed by atoms with E-state index in [9.17, 15) is 18.4 Å². The largest absolute Gasteiger partial charge is 0.487 e. The molecule has 0 spiro atoms. The summed E-state index contributed by atoms with van der Waals surface area (Å²) in [7, 11) is 0. The predicted octanol–water partition coefficient (Wildman–Crippen LogP) is 4.35. The quantitative estimate of drug-likeness (QED) is 0.434. The fourth-order valence-electron chi connectivity index (χ4n) is 2.32. The zero-order valence-corrected chi connectivity index (χ0v) is 15.6. The highest BCUT2D eigenvalue weighted by Crippen LogP contribution is 2.16. The van der Waals surface area contributed by atoms with Crippen LogP contribution in [-0.2, 0) is 11.3 Å². The minimum Gasteiger partial charge on any atom is -0.487 e. The van der Waals surface area contributed by atoms with Crippen molar-refractivity contribution >= 4 is 23.1 Å². The van der Waals surface area contributed by atoms with Crippen molar-refractivity contribution in [1.82, 2.24) is 4.98 Å². The molecule has 1 heterocycles. The lowest BCUT2D eigenvalue weighted by atomic mass is 10.1. The topological polar surface area (TPSA) is 65.5 Å². The van der Waals surface area contributed by atoms with E-state index in [0.29, 0.717) is 12.4 Å². The molecule has 144 valence electrons. The lowest BCUT2D eigenvalue weighted by molar-refractivity contribution is 0.0473. The van der Waals surface area contributed by atoms with Crippen LogP contribution in [0.15, 0.2) is 47.8 Å². The molecule has 0 atom stereocenters. The van der Waals surface area contributed by atoms with Crippen LogP contribution in [0.1, 0.15) is 31.4 Å². The van der Waals surface area contributed by atoms with E-state index in [1.807, 2.05) is 12.3 Å². The third kappa shape index (κ3) is 4.98. The monoisotopic (exact) mass is 403 g/mol. The van der Waals surface area contributed by atoms with Crippen LogP contribution in [0.2, 0.25) is 0 Å². The van der Waals surface area contributed by atoms with Gasteiger partial charge in [0.25, 0.3) is 0 Å². The van der Waals surface area contributed by atoms with Crippen molar-refractivity contribution in [2.24, 2.45) is 0 Å². The first-order valence-corrected chi connectivity index (χ1v) is 9.09. The number of rotatable bonds is 7. The Morgan fingerprint density at radius 1 is 1.11 bits per heavy atom. The highest BCUT2D eigenvalue weighted by molar-refractivity contribution is 7.09. The molecule has 28 heavy (non-hydrogen) atoms. The van der Waals surface area contributed by atoms with Gasteiger partial charge < -0.3 is 9.47 Å². The Hall–Kier alpha value is -3.13. The van der Waals surface area contributed by atoms with Crippen molar-refractivity contribution < 1.29 is 27.8 Å². The molecule has 0 saturated carbocycles. The van der Waals surface area contributed by atoms with Crippen LogP contribution in [0.25, 0.3) is 0 Å². The Morgan fingerprint density at radius 2 is 1.86 bits per heavy atom. The summed E-state index contributed by atoms with van der Waals surface area (Å²) in [6.45, 7) is 1.52. The van der Waals surface area contributed by atoms with E-state index < -0.39 is 35.6 Å². The van der Waals surface area contributed by atoms with Gasteiger partial charge in [-0.25, -0.2) is 18.6 Å². The number of carbonyl (C=O) groups is 2. The van der Waals surface area contributed by atoms with Gasteiger partial charge >= 0.3 is 5.97 Å². The van der Waals surface area contributed by atoms with Crippen LogP contribution in [-0.4, -0.2) is 23.3 Å². The normalized spacial score (nSPS) is 10.5. The number of Topliss-reactive ketones (excluding diaryl/α,β-unsaturated/α-hetero) is 1. The lowest BCUT2D eigenvalue weighted by Gasteiger charge is -2.07. The number of thiazole rings is 1. The lowest BCUT2D eigenvalue weighted by Crippen LogP contribution is -2.15. The van der Waals surface area contributed by atoms with Gasteiger partial charge in [0.15, 0.2) is 6.61 Å². The van der Waals surface area contributed by atoms with E-state index >= 15 is 0 Å². The van der Waals surface area contributed by atoms with E-state index in [1.54, 1.807) is 12.1 Å². The van der Waals surface area contributed by atoms with Crippen molar-refractivity contribution in [1.29, 1.82) is 0 Å². The molecule has 8 heteroatoms. The van der Waals surface area contributed by atoms with Crippen LogP contribution in [0.4, 0.5) is 8.78 Å². The highest BCUT2D eigenvalue weighted by atomic mass is 32.1. The molecular formula is C20H15F2NO4S. The average Bonchev–Trinajstić information content (AvgIpc) is 3.11. The summed E-state index contributed by atoms with van der Waals surface area (Å²) in [6.07, 6.45) is 0. The van der Waals surface area contributed by atoms with Crippen molar-refractivity contribution in [2.75, 3.05) is 6.61 Å². The molecule has 0 aliphatic heterocycles. The second-order valence-electron chi connectivity index (χ2n) is 5.79. The molecule has 0 unspecified atom stereocenters. The Kier molecular flexibility index (Phi) is 6.10. The van der Waals surface area contributed by atoms with Gasteiger partial charge in [0.2, 0.25) is 5.78 Å². The predicted molar refractivity (Wildman–Crippen MR) is 98.6 cm³/mol. The third-order valence-corrected chi connectivity index (χ3v) is 4.53. The molecule has 0 aliphatic rings. The molecule has 2 aromatic carbocycles. The van der Waals surface area contributed by atoms with E-state index in [2.05, 4.69) is 4.98 Å². The summed E-state index contributed by atoms with van der Waals surface area (Å²) < 4.78 is 37.2. The molecule has 0 saturated heterocycles. The zero-order chi connectivity index (χ0) is 20.1. The number of ketones is 1. The Balaban J connectivity index is 1.54. The summed E-state index contributed by atoms with van der Waals surface area (Å²) in [5.74, 6) is -2.67. The first kappa shape index (κ1) is 19.6. The Labute approximate surface area is 163 Å². The maximum Gasteiger partial charge on any atom is 0.338 e. The number of nitrogens with zero attached hydrogens (tertiary/aromatic N) is 1. The maximum absolute atomic E-state index is 13.6. The number of hydrogen-bond acceptors (Lipinski definition) is 6. The number of aryl methyl sites for hydroxylation is 1. The molecule has 0 fully saturated rings. The van der Waals surface area contributed by atoms with Crippen molar-refractivity contribution in [3.63, 3.8) is 0 Å². The molecule has 0 bridgehead atoms. The minimum absolute atomic E-state index is 0.198. The number of halogens is 2. The van der Waals surface area contributed by atoms with Gasteiger partial charge in [-0.3, -0.25) is 4.79 Å². The van der Waals surface area contributed by atoms with Gasteiger partial charge in [-0.1, -0.05) is 0 Å². The van der Waals surface area contributed by atoms with E-state index in [4.69, 9.17) is 9.47 Å². The molecule has 0 N–H and O–H groups in total. The summed E-state index contributed by atoms with van der Waals surface area (Å²) in [5.41, 5.74) is 0.548. The standard InChI is InChI=1S/C20H15F2NO4S/c1-12-23-15(11-28-12)9-26-16-5-2-13(3-6-16)20(25)27-10-19(24)17-8-14(21)4-7-18(17)22/h2-8,11H,9-10H2,1H3. The SMILES string of the molecule is Cc1nc(COc2ccc(C(=O)OCC(=O)c3cc(F)ccc3F)cc2)cs1. The smallest absolute Gasteiger partial charge is 0.338 e. The first-order chi connectivity index (χ1) is 13.4. The van der Waals surface area contributed by atoms with Crippen LogP contribution in [0.5, 0.6) is 5.75 Å². The molecule has 0 aliphatic carbocycles. The second-order valence-corrected chi connectivity index (χ2v) is 6.86. The van der Waals surface area contributed by atoms with Crippen molar-refractivity contribution in [2.45, 2.75) is 13.5 Å². The molecule has 3 aromatic rings. The Bertz CT molecular complexity index is 1000. The average molecular weight is 403 g/mol. The van der Waals surface area contributed by atoms with Crippen LogP contribution < -0.4 is 4.74 Å². The fraction of sp³-hybridized carbons (Fsp3) is 0.150. The molecule has 5 nitrogen and oxygen atoms in total. The van der Waals surface area contributed by atoms with Gasteiger partial charge in [0.1, 0.15) is 24.0 Å². The minimum atomic E-state index is -0.876. The van der Waals surface area contributed by atoms with Gasteiger partial charge in [0, 0.05) is 5.38 Å². The molecule has 1 aromatic heterocycles. The van der Waals surface area contributed by atoms with Crippen molar-refractivity contribution in [3.8, 4) is 5.75 Å². The third-order valence-electron chi connectivity index (χ3n) is 3.71. The maximum atomic E-state index is 13.6. The highest BCUT2D eigenvalue weighted by Gasteiger charge is 2.16. The van der Waals surface area contributed by atoms with Crippen LogP contribution in [0.3, 0.4) is 0 Å². The van der Waals surface area contributed by atoms with Gasteiger partial charge in [0.05, 0.1) is 21.8 Å². The summed E-state index contributed by atoms with van der Waals surface area (Å²) >= 11 is 1.53. The molecule has 0 amide bonds.